The molecule has 1 atom stereocenters. The normalized spacial score (nSPS) is 11.9. The molecule has 27 heavy (non-hydrogen) atoms. The average molecular weight is 485 g/mol. The minimum atomic E-state index is -1.09. The first-order chi connectivity index (χ1) is 12.8. The van der Waals surface area contributed by atoms with Gasteiger partial charge in [0.25, 0.3) is 5.91 Å². The number of hydrazone groups is 1. The average Bonchev–Trinajstić information content (AvgIpc) is 2.65. The van der Waals surface area contributed by atoms with Gasteiger partial charge in [0.2, 0.25) is 5.91 Å². The Balaban J connectivity index is 1.98. The largest absolute Gasteiger partial charge is 0.504 e. The molecule has 0 fully saturated rings. The van der Waals surface area contributed by atoms with Gasteiger partial charge in [-0.3, -0.25) is 9.59 Å². The number of rotatable bonds is 6. The Labute approximate surface area is 168 Å². The van der Waals surface area contributed by atoms with Gasteiger partial charge in [-0.25, -0.2) is 9.82 Å². The molecule has 9 heteroatoms. The summed E-state index contributed by atoms with van der Waals surface area (Å²) in [6.07, 6.45) is 1.35. The maximum Gasteiger partial charge on any atom is 0.252 e. The van der Waals surface area contributed by atoms with Crippen molar-refractivity contribution in [2.24, 2.45) is 11.0 Å². The third-order valence-electron chi connectivity index (χ3n) is 3.58. The maximum absolute atomic E-state index is 13.6. The van der Waals surface area contributed by atoms with Gasteiger partial charge in [-0.2, -0.15) is 5.10 Å². The van der Waals surface area contributed by atoms with E-state index in [1.54, 1.807) is 18.2 Å². The summed E-state index contributed by atoms with van der Waals surface area (Å²) in [7, 11) is 1.42. The molecule has 142 valence electrons. The lowest BCUT2D eigenvalue weighted by atomic mass is 10.1. The maximum atomic E-state index is 13.6. The minimum absolute atomic E-state index is 0.00332. The van der Waals surface area contributed by atoms with E-state index in [0.29, 0.717) is 9.13 Å². The van der Waals surface area contributed by atoms with Gasteiger partial charge in [0.05, 0.1) is 22.6 Å². The number of nitrogens with one attached hydrogen (secondary N) is 2. The molecule has 0 spiro atoms. The van der Waals surface area contributed by atoms with Crippen molar-refractivity contribution < 1.29 is 23.8 Å². The lowest BCUT2D eigenvalue weighted by Crippen LogP contribution is -2.34. The van der Waals surface area contributed by atoms with E-state index in [-0.39, 0.29) is 17.2 Å². The highest BCUT2D eigenvalue weighted by molar-refractivity contribution is 14.1. The molecule has 0 radical (unpaired) electrons. The Hall–Kier alpha value is -2.69. The number of hydrogen-bond acceptors (Lipinski definition) is 5. The summed E-state index contributed by atoms with van der Waals surface area (Å²) in [6.45, 7) is 1.38. The van der Waals surface area contributed by atoms with E-state index in [2.05, 4.69) is 15.8 Å². The van der Waals surface area contributed by atoms with Crippen LogP contribution in [0.15, 0.2) is 41.5 Å². The molecule has 0 aromatic heterocycles. The van der Waals surface area contributed by atoms with Crippen LogP contribution in [0.1, 0.15) is 12.5 Å². The SMILES string of the molecule is COc1cc(C=NNC(=O)C(C)C(=O)Nc2ccccc2F)cc(I)c1O. The molecule has 0 heterocycles. The van der Waals surface area contributed by atoms with Crippen LogP contribution in [0.5, 0.6) is 11.5 Å². The summed E-state index contributed by atoms with van der Waals surface area (Å²) >= 11 is 1.93. The Morgan fingerprint density at radius 3 is 2.67 bits per heavy atom. The summed E-state index contributed by atoms with van der Waals surface area (Å²) in [5.41, 5.74) is 2.83. The zero-order valence-corrected chi connectivity index (χ0v) is 16.7. The number of phenols is 1. The number of nitrogens with zero attached hydrogens (tertiary/aromatic N) is 1. The fraction of sp³-hybridized carbons (Fsp3) is 0.167. The molecule has 3 N–H and O–H groups in total. The summed E-state index contributed by atoms with van der Waals surface area (Å²) in [4.78, 5) is 24.1. The number of aromatic hydroxyl groups is 1. The van der Waals surface area contributed by atoms with Gasteiger partial charge in [0, 0.05) is 0 Å². The van der Waals surface area contributed by atoms with Crippen molar-refractivity contribution in [2.45, 2.75) is 6.92 Å². The molecule has 2 rings (SSSR count). The fourth-order valence-corrected chi connectivity index (χ4v) is 2.64. The van der Waals surface area contributed by atoms with Crippen molar-refractivity contribution in [3.8, 4) is 11.5 Å². The van der Waals surface area contributed by atoms with Gasteiger partial charge in [0.1, 0.15) is 11.7 Å². The first-order valence-corrected chi connectivity index (χ1v) is 8.86. The number of carbonyl (C=O) groups excluding carboxylic acids is 2. The van der Waals surface area contributed by atoms with Crippen molar-refractivity contribution in [1.82, 2.24) is 5.43 Å². The predicted octanol–water partition coefficient (Wildman–Crippen LogP) is 2.87. The molecule has 1 unspecified atom stereocenters. The molecule has 2 amide bonds. The number of carbonyl (C=O) groups is 2. The highest BCUT2D eigenvalue weighted by atomic mass is 127. The van der Waals surface area contributed by atoms with Gasteiger partial charge in [-0.15, -0.1) is 0 Å². The van der Waals surface area contributed by atoms with Crippen molar-refractivity contribution >= 4 is 46.3 Å². The third-order valence-corrected chi connectivity index (χ3v) is 4.40. The number of methoxy groups -OCH3 is 1. The molecule has 2 aromatic carbocycles. The second-order valence-electron chi connectivity index (χ2n) is 5.48. The van der Waals surface area contributed by atoms with Crippen LogP contribution in [0.3, 0.4) is 0 Å². The Morgan fingerprint density at radius 1 is 1.30 bits per heavy atom. The zero-order valence-electron chi connectivity index (χ0n) is 14.5. The van der Waals surface area contributed by atoms with Gasteiger partial charge < -0.3 is 15.2 Å². The lowest BCUT2D eigenvalue weighted by Gasteiger charge is -2.11. The second kappa shape index (κ2) is 9.31. The number of ether oxygens (including phenoxy) is 1. The summed E-state index contributed by atoms with van der Waals surface area (Å²) in [5, 5.41) is 15.9. The van der Waals surface area contributed by atoms with Crippen LogP contribution in [0.2, 0.25) is 0 Å². The monoisotopic (exact) mass is 485 g/mol. The first-order valence-electron chi connectivity index (χ1n) is 7.78. The molecule has 0 aliphatic carbocycles. The van der Waals surface area contributed by atoms with Gasteiger partial charge in [0.15, 0.2) is 11.5 Å². The van der Waals surface area contributed by atoms with Crippen LogP contribution in [0.25, 0.3) is 0 Å². The predicted molar refractivity (Wildman–Crippen MR) is 107 cm³/mol. The van der Waals surface area contributed by atoms with Crippen molar-refractivity contribution in [2.75, 3.05) is 12.4 Å². The van der Waals surface area contributed by atoms with E-state index in [1.807, 2.05) is 22.6 Å². The van der Waals surface area contributed by atoms with Crippen LogP contribution in [-0.2, 0) is 9.59 Å². The fourth-order valence-electron chi connectivity index (χ4n) is 2.01. The van der Waals surface area contributed by atoms with Gasteiger partial charge in [-0.05, 0) is 59.3 Å². The van der Waals surface area contributed by atoms with E-state index >= 15 is 0 Å². The number of phenolic OH excluding ortho intramolecular Hbond substituents is 1. The molecule has 0 saturated carbocycles. The topological polar surface area (TPSA) is 100 Å². The van der Waals surface area contributed by atoms with Crippen LogP contribution < -0.4 is 15.5 Å². The highest BCUT2D eigenvalue weighted by Gasteiger charge is 2.22. The van der Waals surface area contributed by atoms with Crippen molar-refractivity contribution in [3.05, 3.63) is 51.3 Å². The number of anilines is 1. The van der Waals surface area contributed by atoms with Crippen molar-refractivity contribution in [3.63, 3.8) is 0 Å². The first kappa shape index (κ1) is 20.6. The lowest BCUT2D eigenvalue weighted by molar-refractivity contribution is -0.131. The summed E-state index contributed by atoms with van der Waals surface area (Å²) in [6, 6.07) is 8.86. The smallest absolute Gasteiger partial charge is 0.252 e. The third kappa shape index (κ3) is 5.39. The van der Waals surface area contributed by atoms with Crippen molar-refractivity contribution in [1.29, 1.82) is 0 Å². The zero-order chi connectivity index (χ0) is 20.0. The summed E-state index contributed by atoms with van der Waals surface area (Å²) < 4.78 is 19.2. The van der Waals surface area contributed by atoms with Crippen LogP contribution >= 0.6 is 22.6 Å². The molecule has 0 saturated heterocycles. The van der Waals surface area contributed by atoms with E-state index in [1.165, 1.54) is 38.4 Å². The molecule has 7 nitrogen and oxygen atoms in total. The van der Waals surface area contributed by atoms with E-state index in [9.17, 15) is 19.1 Å². The van der Waals surface area contributed by atoms with Gasteiger partial charge in [-0.1, -0.05) is 12.1 Å². The van der Waals surface area contributed by atoms with Crippen LogP contribution in [-0.4, -0.2) is 30.2 Å². The summed E-state index contributed by atoms with van der Waals surface area (Å²) in [5.74, 6) is -2.71. The quantitative estimate of drug-likeness (QED) is 0.254. The van der Waals surface area contributed by atoms with E-state index in [0.717, 1.165) is 0 Å². The number of hydrogen-bond donors (Lipinski definition) is 3. The molecule has 0 aliphatic heterocycles. The number of amides is 2. The Kier molecular flexibility index (Phi) is 7.11. The standard InChI is InChI=1S/C18H17FIN3O4/c1-10(17(25)22-14-6-4-3-5-12(14)19)18(26)23-21-9-11-7-13(20)16(24)15(8-11)27-2/h3-10,24H,1-2H3,(H,22,25)(H,23,26). The molecule has 2 aromatic rings. The van der Waals surface area contributed by atoms with E-state index < -0.39 is 23.5 Å². The Morgan fingerprint density at radius 2 is 2.00 bits per heavy atom. The van der Waals surface area contributed by atoms with Crippen LogP contribution in [0.4, 0.5) is 10.1 Å². The number of para-hydroxylation sites is 1. The van der Waals surface area contributed by atoms with Gasteiger partial charge >= 0.3 is 0 Å². The molecular weight excluding hydrogens is 468 g/mol. The molecule has 0 aliphatic rings. The Bertz CT molecular complexity index is 889. The molecule has 0 bridgehead atoms. The second-order valence-corrected chi connectivity index (χ2v) is 6.64. The highest BCUT2D eigenvalue weighted by Crippen LogP contribution is 2.31. The number of halogens is 2. The van der Waals surface area contributed by atoms with E-state index in [4.69, 9.17) is 4.74 Å². The minimum Gasteiger partial charge on any atom is -0.504 e. The molecular formula is C18H17FIN3O4. The van der Waals surface area contributed by atoms with Crippen LogP contribution in [0, 0.1) is 15.3 Å². The number of benzene rings is 2.